The second-order valence-electron chi connectivity index (χ2n) is 12.9. The van der Waals surface area contributed by atoms with Crippen LogP contribution >= 0.6 is 22.9 Å². The number of aliphatic imine (C=N–C) groups is 1. The van der Waals surface area contributed by atoms with Crippen LogP contribution < -0.4 is 0 Å². The van der Waals surface area contributed by atoms with Crippen molar-refractivity contribution in [3.8, 4) is 5.00 Å². The first-order chi connectivity index (χ1) is 24.7. The number of para-hydroxylation sites is 1. The van der Waals surface area contributed by atoms with Crippen LogP contribution in [0.5, 0.6) is 0 Å². The third kappa shape index (κ3) is 5.39. The third-order valence-corrected chi connectivity index (χ3v) is 11.4. The van der Waals surface area contributed by atoms with Crippen molar-refractivity contribution in [3.63, 3.8) is 0 Å². The van der Waals surface area contributed by atoms with E-state index in [1.165, 1.54) is 11.0 Å². The molecule has 3 aromatic heterocycles. The second-order valence-corrected chi connectivity index (χ2v) is 14.5. The predicted octanol–water partition coefficient (Wildman–Crippen LogP) is 7.11. The molecular weight excluding hydrogens is 682 g/mol. The maximum atomic E-state index is 14.1. The number of fused-ring (bicyclic) bond motifs is 6. The van der Waals surface area contributed by atoms with Gasteiger partial charge in [0, 0.05) is 63.5 Å². The lowest BCUT2D eigenvalue weighted by atomic mass is 9.99. The van der Waals surface area contributed by atoms with E-state index < -0.39 is 6.04 Å². The number of benzene rings is 3. The zero-order valence-electron chi connectivity index (χ0n) is 28.4. The van der Waals surface area contributed by atoms with Crippen molar-refractivity contribution < 1.29 is 14.4 Å². The summed E-state index contributed by atoms with van der Waals surface area (Å²) in [5, 5.41) is 12.1. The molecule has 12 heteroatoms. The summed E-state index contributed by atoms with van der Waals surface area (Å²) in [6.07, 6.45) is 1.38. The van der Waals surface area contributed by atoms with Gasteiger partial charge in [-0.15, -0.1) is 21.5 Å². The normalized spacial score (nSPS) is 15.8. The molecule has 0 unspecified atom stereocenters. The van der Waals surface area contributed by atoms with E-state index in [0.29, 0.717) is 48.1 Å². The smallest absolute Gasteiger partial charge is 0.254 e. The molecule has 2 aliphatic rings. The largest absolute Gasteiger partial charge is 0.339 e. The fraction of sp³-hybridized carbons (Fsp3) is 0.231. The number of halogens is 1. The van der Waals surface area contributed by atoms with Crippen LogP contribution in [0.1, 0.15) is 60.8 Å². The highest BCUT2D eigenvalue weighted by molar-refractivity contribution is 7.15. The van der Waals surface area contributed by atoms with E-state index in [1.54, 1.807) is 37.8 Å². The molecular formula is C39H34ClN7O3S. The molecule has 0 saturated carbocycles. The topological polar surface area (TPSA) is 106 Å². The summed E-state index contributed by atoms with van der Waals surface area (Å²) >= 11 is 7.93. The first-order valence-corrected chi connectivity index (χ1v) is 18.0. The van der Waals surface area contributed by atoms with Crippen LogP contribution in [0.3, 0.4) is 0 Å². The van der Waals surface area contributed by atoms with Crippen molar-refractivity contribution in [1.82, 2.24) is 29.1 Å². The van der Waals surface area contributed by atoms with Gasteiger partial charge in [0.15, 0.2) is 5.82 Å². The Balaban J connectivity index is 1.06. The number of carbonyl (C=O) groups is 3. The zero-order chi connectivity index (χ0) is 35.6. The maximum absolute atomic E-state index is 14.1. The molecule has 0 N–H and O–H groups in total. The molecule has 3 aromatic carbocycles. The van der Waals surface area contributed by atoms with Crippen LogP contribution in [0, 0.1) is 20.8 Å². The SMILES string of the molecule is C=CC(=O)n1c2ccccc2c2c(C(=O)N3CCN(C(=O)C[C@@H]4N=C(c5ccc(Cl)cc5)c5c(sc(C)c5C)-n5c(C)nnc54)CC3)cccc21. The van der Waals surface area contributed by atoms with Gasteiger partial charge in [-0.3, -0.25) is 28.5 Å². The van der Waals surface area contributed by atoms with Gasteiger partial charge >= 0.3 is 0 Å². The highest BCUT2D eigenvalue weighted by Gasteiger charge is 2.34. The van der Waals surface area contributed by atoms with Crippen LogP contribution in [-0.4, -0.2) is 78.7 Å². The summed E-state index contributed by atoms with van der Waals surface area (Å²) in [6, 6.07) is 20.1. The summed E-state index contributed by atoms with van der Waals surface area (Å²) in [5.74, 6) is 0.901. The Hall–Kier alpha value is -5.39. The highest BCUT2D eigenvalue weighted by atomic mass is 35.5. The lowest BCUT2D eigenvalue weighted by Crippen LogP contribution is -2.50. The lowest BCUT2D eigenvalue weighted by molar-refractivity contribution is -0.133. The number of thiophene rings is 1. The number of aromatic nitrogens is 4. The van der Waals surface area contributed by atoms with E-state index in [-0.39, 0.29) is 24.1 Å². The molecule has 0 spiro atoms. The summed E-state index contributed by atoms with van der Waals surface area (Å²) in [5.41, 5.74) is 5.75. The van der Waals surface area contributed by atoms with Crippen molar-refractivity contribution in [2.24, 2.45) is 4.99 Å². The van der Waals surface area contributed by atoms with Crippen molar-refractivity contribution in [3.05, 3.63) is 123 Å². The van der Waals surface area contributed by atoms with E-state index in [4.69, 9.17) is 16.6 Å². The Kier molecular flexibility index (Phi) is 8.19. The Morgan fingerprint density at radius 1 is 0.902 bits per heavy atom. The number of hydrogen-bond donors (Lipinski definition) is 0. The van der Waals surface area contributed by atoms with Gasteiger partial charge in [-0.25, -0.2) is 0 Å². The number of nitrogens with zero attached hydrogens (tertiary/aromatic N) is 7. The first-order valence-electron chi connectivity index (χ1n) is 16.8. The van der Waals surface area contributed by atoms with Gasteiger partial charge in [-0.05, 0) is 62.7 Å². The standard InChI is InChI=1S/C39H34ClN7O3S/c1-5-32(48)47-30-11-7-6-9-27(30)35-28(10-8-12-31(35)47)38(50)45-19-17-44(18-20-45)33(49)21-29-37-43-42-24(4)46(37)39-34(22(2)23(3)51-39)36(41-29)25-13-15-26(40)16-14-25/h5-16,29H,1,17-21H2,2-4H3/t29-/m0/s1. The predicted molar refractivity (Wildman–Crippen MR) is 201 cm³/mol. The van der Waals surface area contributed by atoms with Gasteiger partial charge in [0.25, 0.3) is 11.8 Å². The van der Waals surface area contributed by atoms with Crippen LogP contribution in [-0.2, 0) is 4.79 Å². The monoisotopic (exact) mass is 715 g/mol. The highest BCUT2D eigenvalue weighted by Crippen LogP contribution is 2.40. The molecule has 6 aromatic rings. The number of aryl methyl sites for hydroxylation is 2. The Bertz CT molecular complexity index is 2450. The van der Waals surface area contributed by atoms with Crippen molar-refractivity contribution in [2.75, 3.05) is 26.2 Å². The molecule has 10 nitrogen and oxygen atoms in total. The van der Waals surface area contributed by atoms with Gasteiger partial charge < -0.3 is 9.80 Å². The molecule has 1 atom stereocenters. The molecule has 256 valence electrons. The van der Waals surface area contributed by atoms with Crippen LogP contribution in [0.2, 0.25) is 5.02 Å². The molecule has 51 heavy (non-hydrogen) atoms. The quantitative estimate of drug-likeness (QED) is 0.177. The molecule has 1 fully saturated rings. The van der Waals surface area contributed by atoms with Gasteiger partial charge in [-0.2, -0.15) is 0 Å². The summed E-state index contributed by atoms with van der Waals surface area (Å²) in [7, 11) is 0. The van der Waals surface area contributed by atoms with Crippen LogP contribution in [0.4, 0.5) is 0 Å². The lowest BCUT2D eigenvalue weighted by Gasteiger charge is -2.35. The molecule has 2 amide bonds. The summed E-state index contributed by atoms with van der Waals surface area (Å²) in [6.45, 7) is 11.3. The molecule has 5 heterocycles. The minimum atomic E-state index is -0.573. The molecule has 2 aliphatic heterocycles. The average Bonchev–Trinajstić information content (AvgIpc) is 3.76. The van der Waals surface area contributed by atoms with Gasteiger partial charge in [0.2, 0.25) is 5.91 Å². The van der Waals surface area contributed by atoms with Gasteiger partial charge in [-0.1, -0.05) is 54.6 Å². The number of rotatable bonds is 5. The minimum Gasteiger partial charge on any atom is -0.339 e. The van der Waals surface area contributed by atoms with Crippen LogP contribution in [0.15, 0.2) is 84.4 Å². The van der Waals surface area contributed by atoms with Crippen LogP contribution in [0.25, 0.3) is 26.8 Å². The van der Waals surface area contributed by atoms with E-state index in [2.05, 4.69) is 30.6 Å². The molecule has 1 saturated heterocycles. The fourth-order valence-corrected chi connectivity index (χ4v) is 8.62. The van der Waals surface area contributed by atoms with Gasteiger partial charge in [0.05, 0.1) is 23.2 Å². The van der Waals surface area contributed by atoms with Crippen molar-refractivity contribution in [2.45, 2.75) is 33.2 Å². The minimum absolute atomic E-state index is 0.0650. The first kappa shape index (κ1) is 32.8. The number of carbonyl (C=O) groups excluding carboxylic acids is 3. The zero-order valence-corrected chi connectivity index (χ0v) is 30.0. The number of hydrogen-bond acceptors (Lipinski definition) is 7. The average molecular weight is 716 g/mol. The maximum Gasteiger partial charge on any atom is 0.254 e. The number of allylic oxidation sites excluding steroid dienone is 1. The Morgan fingerprint density at radius 2 is 1.61 bits per heavy atom. The van der Waals surface area contributed by atoms with E-state index >= 15 is 0 Å². The summed E-state index contributed by atoms with van der Waals surface area (Å²) < 4.78 is 3.64. The van der Waals surface area contributed by atoms with E-state index in [1.807, 2.05) is 66.1 Å². The van der Waals surface area contributed by atoms with E-state index in [9.17, 15) is 14.4 Å². The number of amides is 2. The van der Waals surface area contributed by atoms with Crippen molar-refractivity contribution in [1.29, 1.82) is 0 Å². The van der Waals surface area contributed by atoms with E-state index in [0.717, 1.165) is 49.5 Å². The Morgan fingerprint density at radius 3 is 2.35 bits per heavy atom. The van der Waals surface area contributed by atoms with Crippen molar-refractivity contribution >= 4 is 68.2 Å². The molecule has 0 bridgehead atoms. The molecule has 8 rings (SSSR count). The fourth-order valence-electron chi connectivity index (χ4n) is 7.28. The second kappa shape index (κ2) is 12.7. The summed E-state index contributed by atoms with van der Waals surface area (Å²) in [4.78, 5) is 51.0. The van der Waals surface area contributed by atoms with Gasteiger partial charge in [0.1, 0.15) is 16.9 Å². The molecule has 0 aliphatic carbocycles. The Labute approximate surface area is 303 Å². The third-order valence-electron chi connectivity index (χ3n) is 9.97. The number of piperazine rings is 1. The molecule has 0 radical (unpaired) electrons.